The zero-order chi connectivity index (χ0) is 21.8. The van der Waals surface area contributed by atoms with E-state index in [9.17, 15) is 29.8 Å². The number of ether oxygens (including phenoxy) is 4. The summed E-state index contributed by atoms with van der Waals surface area (Å²) in [6.07, 6.45) is -3.36. The number of non-ortho nitro benzene ring substituents is 2. The van der Waals surface area contributed by atoms with Crippen LogP contribution in [-0.4, -0.2) is 34.4 Å². The Morgan fingerprint density at radius 3 is 2.20 bits per heavy atom. The second-order valence-electron chi connectivity index (χ2n) is 6.19. The summed E-state index contributed by atoms with van der Waals surface area (Å²) in [5, 5.41) is 21.7. The van der Waals surface area contributed by atoms with Crippen molar-refractivity contribution in [3.05, 3.63) is 68.3 Å². The van der Waals surface area contributed by atoms with Gasteiger partial charge in [-0.05, 0) is 25.1 Å². The first-order valence-corrected chi connectivity index (χ1v) is 8.51. The van der Waals surface area contributed by atoms with Crippen LogP contribution in [0.5, 0.6) is 11.5 Å². The first-order valence-electron chi connectivity index (χ1n) is 8.51. The Hall–Kier alpha value is -4.22. The van der Waals surface area contributed by atoms with E-state index in [4.69, 9.17) is 18.9 Å². The molecule has 1 heterocycles. The largest absolute Gasteiger partial charge is 0.519 e. The Balaban J connectivity index is 1.76. The molecule has 2 aromatic rings. The second kappa shape index (κ2) is 8.43. The minimum absolute atomic E-state index is 0.000747. The number of cyclic esters (lactones) is 2. The van der Waals surface area contributed by atoms with Crippen LogP contribution in [0.2, 0.25) is 0 Å². The molecule has 1 fully saturated rings. The topological polar surface area (TPSA) is 157 Å². The molecule has 0 amide bonds. The molecular weight excluding hydrogens is 404 g/mol. The highest BCUT2D eigenvalue weighted by atomic mass is 16.8. The molecule has 1 aliphatic rings. The van der Waals surface area contributed by atoms with E-state index in [1.54, 1.807) is 6.92 Å². The fraction of sp³-hybridized carbons (Fsp3) is 0.222. The van der Waals surface area contributed by atoms with E-state index < -0.39 is 34.4 Å². The summed E-state index contributed by atoms with van der Waals surface area (Å²) in [4.78, 5) is 43.9. The van der Waals surface area contributed by atoms with Gasteiger partial charge in [0.25, 0.3) is 11.4 Å². The first-order chi connectivity index (χ1) is 14.2. The van der Waals surface area contributed by atoms with Crippen molar-refractivity contribution >= 4 is 23.7 Å². The third-order valence-corrected chi connectivity index (χ3v) is 4.17. The standard InChI is InChI=1S/C18H14N2O10/c1-10-16(30-17(21)27-10)9-11-8-13(20(25)26)4-7-15(11)29-18(22)28-14-5-2-12(3-6-14)19(23)24/h2-8,10,16H,9H2,1H3. The minimum atomic E-state index is -1.16. The van der Waals surface area contributed by atoms with Gasteiger partial charge in [0, 0.05) is 36.2 Å². The van der Waals surface area contributed by atoms with Crippen LogP contribution < -0.4 is 9.47 Å². The highest BCUT2D eigenvalue weighted by Crippen LogP contribution is 2.29. The molecule has 3 rings (SSSR count). The molecule has 2 atom stereocenters. The van der Waals surface area contributed by atoms with Crippen molar-refractivity contribution in [2.75, 3.05) is 0 Å². The van der Waals surface area contributed by atoms with Crippen LogP contribution in [0.1, 0.15) is 12.5 Å². The predicted octanol–water partition coefficient (Wildman–Crippen LogP) is 3.55. The zero-order valence-electron chi connectivity index (χ0n) is 15.4. The maximum atomic E-state index is 12.1. The molecule has 0 aromatic heterocycles. The first kappa shape index (κ1) is 20.5. The summed E-state index contributed by atoms with van der Waals surface area (Å²) in [6, 6.07) is 8.27. The van der Waals surface area contributed by atoms with E-state index in [-0.39, 0.29) is 34.9 Å². The number of carbonyl (C=O) groups is 2. The lowest BCUT2D eigenvalue weighted by atomic mass is 10.0. The van der Waals surface area contributed by atoms with E-state index in [1.807, 2.05) is 0 Å². The molecule has 2 unspecified atom stereocenters. The molecule has 0 aliphatic carbocycles. The molecule has 1 aliphatic heterocycles. The number of benzene rings is 2. The average Bonchev–Trinajstić information content (AvgIpc) is 3.00. The molecule has 2 aromatic carbocycles. The molecule has 12 heteroatoms. The van der Waals surface area contributed by atoms with Gasteiger partial charge in [-0.25, -0.2) is 9.59 Å². The van der Waals surface area contributed by atoms with Crippen molar-refractivity contribution < 1.29 is 38.4 Å². The molecule has 0 bridgehead atoms. The van der Waals surface area contributed by atoms with Gasteiger partial charge < -0.3 is 18.9 Å². The Morgan fingerprint density at radius 1 is 1.00 bits per heavy atom. The molecule has 0 radical (unpaired) electrons. The number of carbonyl (C=O) groups excluding carboxylic acids is 2. The summed E-state index contributed by atoms with van der Waals surface area (Å²) >= 11 is 0. The number of nitro groups is 2. The maximum Gasteiger partial charge on any atom is 0.519 e. The number of nitrogens with zero attached hydrogens (tertiary/aromatic N) is 2. The minimum Gasteiger partial charge on any atom is -0.427 e. The van der Waals surface area contributed by atoms with Crippen LogP contribution in [0.4, 0.5) is 21.0 Å². The maximum absolute atomic E-state index is 12.1. The normalized spacial score (nSPS) is 17.6. The monoisotopic (exact) mass is 418 g/mol. The molecule has 156 valence electrons. The zero-order valence-corrected chi connectivity index (χ0v) is 15.4. The molecule has 0 saturated carbocycles. The summed E-state index contributed by atoms with van der Waals surface area (Å²) in [7, 11) is 0. The SMILES string of the molecule is CC1OC(=O)OC1Cc1cc([N+](=O)[O-])ccc1OC(=O)Oc1ccc([N+](=O)[O-])cc1. The summed E-state index contributed by atoms with van der Waals surface area (Å²) in [6.45, 7) is 1.59. The van der Waals surface area contributed by atoms with E-state index in [1.165, 1.54) is 24.3 Å². The van der Waals surface area contributed by atoms with Crippen molar-refractivity contribution in [1.29, 1.82) is 0 Å². The molecule has 1 saturated heterocycles. The van der Waals surface area contributed by atoms with Crippen molar-refractivity contribution in [2.45, 2.75) is 25.6 Å². The molecule has 0 N–H and O–H groups in total. The van der Waals surface area contributed by atoms with Crippen molar-refractivity contribution in [3.63, 3.8) is 0 Å². The van der Waals surface area contributed by atoms with Gasteiger partial charge in [0.15, 0.2) is 0 Å². The quantitative estimate of drug-likeness (QED) is 0.294. The van der Waals surface area contributed by atoms with Gasteiger partial charge in [-0.3, -0.25) is 20.2 Å². The number of hydrogen-bond acceptors (Lipinski definition) is 10. The number of hydrogen-bond donors (Lipinski definition) is 0. The predicted molar refractivity (Wildman–Crippen MR) is 97.4 cm³/mol. The number of nitro benzene ring substituents is 2. The lowest BCUT2D eigenvalue weighted by Gasteiger charge is -2.14. The van der Waals surface area contributed by atoms with Gasteiger partial charge in [-0.15, -0.1) is 0 Å². The Bertz CT molecular complexity index is 1000. The molecule has 30 heavy (non-hydrogen) atoms. The van der Waals surface area contributed by atoms with Crippen molar-refractivity contribution in [1.82, 2.24) is 0 Å². The average molecular weight is 418 g/mol. The highest BCUT2D eigenvalue weighted by Gasteiger charge is 2.34. The van der Waals surface area contributed by atoms with E-state index >= 15 is 0 Å². The van der Waals surface area contributed by atoms with Crippen LogP contribution in [-0.2, 0) is 15.9 Å². The van der Waals surface area contributed by atoms with Crippen LogP contribution in [0.3, 0.4) is 0 Å². The summed E-state index contributed by atoms with van der Waals surface area (Å²) in [5.74, 6) is -0.0385. The van der Waals surface area contributed by atoms with Crippen molar-refractivity contribution in [3.8, 4) is 11.5 Å². The van der Waals surface area contributed by atoms with E-state index in [0.717, 1.165) is 18.2 Å². The lowest BCUT2D eigenvalue weighted by molar-refractivity contribution is -0.385. The van der Waals surface area contributed by atoms with E-state index in [0.29, 0.717) is 0 Å². The van der Waals surface area contributed by atoms with Gasteiger partial charge in [0.1, 0.15) is 23.7 Å². The molecular formula is C18H14N2O10. The molecule has 0 spiro atoms. The summed E-state index contributed by atoms with van der Waals surface area (Å²) in [5.41, 5.74) is -0.213. The Morgan fingerprint density at radius 2 is 1.63 bits per heavy atom. The smallest absolute Gasteiger partial charge is 0.427 e. The fourth-order valence-corrected chi connectivity index (χ4v) is 2.68. The Labute approximate surface area is 168 Å². The molecule has 12 nitrogen and oxygen atoms in total. The van der Waals surface area contributed by atoms with Gasteiger partial charge in [0.2, 0.25) is 0 Å². The highest BCUT2D eigenvalue weighted by molar-refractivity contribution is 5.68. The lowest BCUT2D eigenvalue weighted by Crippen LogP contribution is -2.23. The van der Waals surface area contributed by atoms with Crippen LogP contribution in [0.25, 0.3) is 0 Å². The third-order valence-electron chi connectivity index (χ3n) is 4.17. The summed E-state index contributed by atoms with van der Waals surface area (Å²) < 4.78 is 20.0. The third kappa shape index (κ3) is 4.79. The van der Waals surface area contributed by atoms with Crippen LogP contribution in [0, 0.1) is 20.2 Å². The van der Waals surface area contributed by atoms with Gasteiger partial charge in [-0.2, -0.15) is 0 Å². The number of rotatable bonds is 6. The van der Waals surface area contributed by atoms with Gasteiger partial charge >= 0.3 is 12.3 Å². The van der Waals surface area contributed by atoms with E-state index in [2.05, 4.69) is 0 Å². The van der Waals surface area contributed by atoms with Crippen LogP contribution in [0.15, 0.2) is 42.5 Å². The van der Waals surface area contributed by atoms with Gasteiger partial charge in [-0.1, -0.05) is 0 Å². The second-order valence-corrected chi connectivity index (χ2v) is 6.19. The van der Waals surface area contributed by atoms with Crippen LogP contribution >= 0.6 is 0 Å². The Kier molecular flexibility index (Phi) is 5.76. The fourth-order valence-electron chi connectivity index (χ4n) is 2.68. The van der Waals surface area contributed by atoms with Crippen molar-refractivity contribution in [2.24, 2.45) is 0 Å². The van der Waals surface area contributed by atoms with Gasteiger partial charge in [0.05, 0.1) is 9.85 Å².